The number of aromatic carboxylic acids is 1. The molecule has 0 radical (unpaired) electrons. The van der Waals surface area contributed by atoms with Gasteiger partial charge in [0.05, 0.1) is 34.9 Å². The molecular formula is C35H29N3O3. The quantitative estimate of drug-likeness (QED) is 0.218. The van der Waals surface area contributed by atoms with Crippen LogP contribution in [0.25, 0.3) is 32.8 Å². The molecule has 5 aromatic carbocycles. The number of hydrogen-bond acceptors (Lipinski definition) is 3. The van der Waals surface area contributed by atoms with Crippen LogP contribution in [-0.2, 0) is 0 Å². The summed E-state index contributed by atoms with van der Waals surface area (Å²) in [5, 5.41) is 20.3. The molecule has 6 nitrogen and oxygen atoms in total. The minimum atomic E-state index is -0.984. The molecule has 6 aromatic rings. The number of fused-ring (bicyclic) bond motifs is 2. The van der Waals surface area contributed by atoms with E-state index in [-0.39, 0.29) is 23.6 Å². The maximum absolute atomic E-state index is 13.9. The van der Waals surface area contributed by atoms with E-state index in [1.807, 2.05) is 66.3 Å². The van der Waals surface area contributed by atoms with Crippen LogP contribution in [-0.4, -0.2) is 26.8 Å². The zero-order valence-electron chi connectivity index (χ0n) is 22.8. The van der Waals surface area contributed by atoms with Crippen molar-refractivity contribution >= 4 is 33.6 Å². The Morgan fingerprint density at radius 3 is 2.15 bits per heavy atom. The smallest absolute Gasteiger partial charge is 0.335 e. The SMILES string of the molecule is C[C@H](NC(=O)c1cc(-c2ccccc2)cc2cnn([C@H](C)c3ccc4ccccc4c3)c12)c1ccc(C(=O)O)cc1. The van der Waals surface area contributed by atoms with Crippen LogP contribution < -0.4 is 5.32 Å². The molecule has 0 saturated heterocycles. The van der Waals surface area contributed by atoms with Gasteiger partial charge in [-0.2, -0.15) is 5.10 Å². The van der Waals surface area contributed by atoms with Crippen molar-refractivity contribution < 1.29 is 14.7 Å². The van der Waals surface area contributed by atoms with E-state index in [9.17, 15) is 14.7 Å². The van der Waals surface area contributed by atoms with Crippen molar-refractivity contribution in [2.45, 2.75) is 25.9 Å². The molecule has 0 aliphatic rings. The molecule has 6 rings (SSSR count). The van der Waals surface area contributed by atoms with Crippen molar-refractivity contribution in [1.82, 2.24) is 15.1 Å². The van der Waals surface area contributed by atoms with Crippen LogP contribution >= 0.6 is 0 Å². The lowest BCUT2D eigenvalue weighted by Crippen LogP contribution is -2.27. The zero-order valence-corrected chi connectivity index (χ0v) is 22.8. The van der Waals surface area contributed by atoms with Crippen LogP contribution in [0.3, 0.4) is 0 Å². The molecule has 202 valence electrons. The second-order valence-electron chi connectivity index (χ2n) is 10.3. The molecular weight excluding hydrogens is 510 g/mol. The highest BCUT2D eigenvalue weighted by atomic mass is 16.4. The lowest BCUT2D eigenvalue weighted by molar-refractivity contribution is 0.0696. The molecule has 0 fully saturated rings. The van der Waals surface area contributed by atoms with Gasteiger partial charge in [-0.3, -0.25) is 9.48 Å². The summed E-state index contributed by atoms with van der Waals surface area (Å²) in [7, 11) is 0. The summed E-state index contributed by atoms with van der Waals surface area (Å²) in [5.41, 5.74) is 5.35. The summed E-state index contributed by atoms with van der Waals surface area (Å²) in [6, 6.07) is 34.8. The van der Waals surface area contributed by atoms with Crippen LogP contribution in [0.1, 0.15) is 57.8 Å². The highest BCUT2D eigenvalue weighted by Gasteiger charge is 2.22. The van der Waals surface area contributed by atoms with Gasteiger partial charge in [-0.05, 0) is 77.2 Å². The molecule has 0 saturated carbocycles. The average molecular weight is 540 g/mol. The molecule has 1 heterocycles. The molecule has 0 spiro atoms. The van der Waals surface area contributed by atoms with Gasteiger partial charge in [-0.1, -0.05) is 78.9 Å². The van der Waals surface area contributed by atoms with Crippen molar-refractivity contribution in [3.05, 3.63) is 138 Å². The Morgan fingerprint density at radius 1 is 0.732 bits per heavy atom. The Labute approximate surface area is 237 Å². The van der Waals surface area contributed by atoms with Crippen LogP contribution in [0.5, 0.6) is 0 Å². The van der Waals surface area contributed by atoms with Gasteiger partial charge >= 0.3 is 5.97 Å². The number of carbonyl (C=O) groups excluding carboxylic acids is 1. The number of nitrogens with one attached hydrogen (secondary N) is 1. The number of carboxylic acid groups (broad SMARTS) is 1. The van der Waals surface area contributed by atoms with Gasteiger partial charge in [0.15, 0.2) is 0 Å². The van der Waals surface area contributed by atoms with Gasteiger partial charge < -0.3 is 10.4 Å². The first kappa shape index (κ1) is 26.0. The van der Waals surface area contributed by atoms with Gasteiger partial charge in [0.1, 0.15) is 0 Å². The molecule has 0 aliphatic heterocycles. The van der Waals surface area contributed by atoms with Crippen LogP contribution in [0.15, 0.2) is 115 Å². The lowest BCUT2D eigenvalue weighted by Gasteiger charge is -2.19. The normalized spacial score (nSPS) is 12.7. The van der Waals surface area contributed by atoms with E-state index in [2.05, 4.69) is 48.6 Å². The fourth-order valence-corrected chi connectivity index (χ4v) is 5.34. The number of rotatable bonds is 7. The van der Waals surface area contributed by atoms with Gasteiger partial charge in [0.2, 0.25) is 0 Å². The topological polar surface area (TPSA) is 84.2 Å². The minimum absolute atomic E-state index is 0.118. The van der Waals surface area contributed by atoms with Crippen molar-refractivity contribution in [3.63, 3.8) is 0 Å². The first-order valence-electron chi connectivity index (χ1n) is 13.6. The highest BCUT2D eigenvalue weighted by Crippen LogP contribution is 2.32. The summed E-state index contributed by atoms with van der Waals surface area (Å²) in [6.07, 6.45) is 1.82. The van der Waals surface area contributed by atoms with Gasteiger partial charge in [0.25, 0.3) is 5.91 Å². The molecule has 2 atom stereocenters. The monoisotopic (exact) mass is 539 g/mol. The van der Waals surface area contributed by atoms with Crippen molar-refractivity contribution in [3.8, 4) is 11.1 Å². The number of benzene rings is 5. The Balaban J connectivity index is 1.42. The molecule has 0 aliphatic carbocycles. The second-order valence-corrected chi connectivity index (χ2v) is 10.3. The van der Waals surface area contributed by atoms with Crippen LogP contribution in [0.4, 0.5) is 0 Å². The number of aromatic nitrogens is 2. The van der Waals surface area contributed by atoms with E-state index in [0.29, 0.717) is 5.56 Å². The third kappa shape index (κ3) is 5.08. The van der Waals surface area contributed by atoms with E-state index in [1.165, 1.54) is 5.39 Å². The number of hydrogen-bond donors (Lipinski definition) is 2. The maximum atomic E-state index is 13.9. The summed E-state index contributed by atoms with van der Waals surface area (Å²) in [5.74, 6) is -1.21. The number of carboxylic acids is 1. The average Bonchev–Trinajstić information content (AvgIpc) is 3.44. The molecule has 0 bridgehead atoms. The van der Waals surface area contributed by atoms with E-state index in [4.69, 9.17) is 5.10 Å². The Morgan fingerprint density at radius 2 is 1.41 bits per heavy atom. The summed E-state index contributed by atoms with van der Waals surface area (Å²) in [6.45, 7) is 3.98. The molecule has 2 N–H and O–H groups in total. The zero-order chi connectivity index (χ0) is 28.5. The molecule has 6 heteroatoms. The maximum Gasteiger partial charge on any atom is 0.335 e. The van der Waals surface area contributed by atoms with Gasteiger partial charge in [0, 0.05) is 5.39 Å². The lowest BCUT2D eigenvalue weighted by atomic mass is 9.98. The Kier molecular flexibility index (Phi) is 6.81. The van der Waals surface area contributed by atoms with Crippen molar-refractivity contribution in [2.75, 3.05) is 0 Å². The van der Waals surface area contributed by atoms with Crippen LogP contribution in [0.2, 0.25) is 0 Å². The highest BCUT2D eigenvalue weighted by molar-refractivity contribution is 6.07. The first-order valence-corrected chi connectivity index (χ1v) is 13.6. The van der Waals surface area contributed by atoms with E-state index < -0.39 is 5.97 Å². The molecule has 1 aromatic heterocycles. The standard InChI is InChI=1S/C35H29N3O3/c1-22(24-12-15-27(16-13-24)35(40)41)37-34(39)32-20-30(25-8-4-3-5-9-25)19-31-21-36-38(33(31)32)23(2)28-17-14-26-10-6-7-11-29(26)18-28/h3-23H,1-2H3,(H,37,39)(H,40,41)/t22-,23+/m0/s1. The molecule has 0 unspecified atom stereocenters. The minimum Gasteiger partial charge on any atom is -0.478 e. The van der Waals surface area contributed by atoms with Gasteiger partial charge in [-0.15, -0.1) is 0 Å². The van der Waals surface area contributed by atoms with Crippen LogP contribution in [0, 0.1) is 0 Å². The fraction of sp³-hybridized carbons (Fsp3) is 0.114. The largest absolute Gasteiger partial charge is 0.478 e. The first-order chi connectivity index (χ1) is 19.9. The predicted molar refractivity (Wildman–Crippen MR) is 162 cm³/mol. The Hall–Kier alpha value is -5.23. The summed E-state index contributed by atoms with van der Waals surface area (Å²) < 4.78 is 1.93. The summed E-state index contributed by atoms with van der Waals surface area (Å²) in [4.78, 5) is 25.2. The van der Waals surface area contributed by atoms with E-state index in [1.54, 1.807) is 24.3 Å². The third-order valence-corrected chi connectivity index (χ3v) is 7.67. The number of amides is 1. The Bertz CT molecular complexity index is 1890. The van der Waals surface area contributed by atoms with Gasteiger partial charge in [-0.25, -0.2) is 4.79 Å². The summed E-state index contributed by atoms with van der Waals surface area (Å²) >= 11 is 0. The molecule has 1 amide bonds. The third-order valence-electron chi connectivity index (χ3n) is 7.67. The van der Waals surface area contributed by atoms with Crippen molar-refractivity contribution in [2.24, 2.45) is 0 Å². The van der Waals surface area contributed by atoms with E-state index in [0.717, 1.165) is 38.5 Å². The fourth-order valence-electron chi connectivity index (χ4n) is 5.34. The van der Waals surface area contributed by atoms with E-state index >= 15 is 0 Å². The van der Waals surface area contributed by atoms with Crippen molar-refractivity contribution in [1.29, 1.82) is 0 Å². The second kappa shape index (κ2) is 10.7. The predicted octanol–water partition coefficient (Wildman–Crippen LogP) is 7.66. The number of carbonyl (C=O) groups is 2. The molecule has 41 heavy (non-hydrogen) atoms. The number of nitrogens with zero attached hydrogens (tertiary/aromatic N) is 2.